The van der Waals surface area contributed by atoms with Crippen LogP contribution in [-0.2, 0) is 9.47 Å². The van der Waals surface area contributed by atoms with Gasteiger partial charge in [-0.05, 0) is 42.5 Å². The van der Waals surface area contributed by atoms with E-state index in [-0.39, 0.29) is 23.3 Å². The summed E-state index contributed by atoms with van der Waals surface area (Å²) < 4.78 is 25.5. The molecule has 2 amide bonds. The number of carbonyl (C=O) groups excluding carboxylic acids is 2. The normalized spacial score (nSPS) is 17.6. The van der Waals surface area contributed by atoms with E-state index in [9.17, 15) is 9.59 Å². The third-order valence-corrected chi connectivity index (χ3v) is 6.96. The number of ether oxygens (including phenoxy) is 2. The van der Waals surface area contributed by atoms with Gasteiger partial charge in [-0.25, -0.2) is 14.2 Å². The molecule has 2 fully saturated rings. The molecule has 2 aliphatic heterocycles. The van der Waals surface area contributed by atoms with Crippen LogP contribution in [0.1, 0.15) is 10.5 Å². The van der Waals surface area contributed by atoms with E-state index in [0.717, 1.165) is 5.52 Å². The van der Waals surface area contributed by atoms with Crippen LogP contribution in [0, 0.1) is 5.82 Å². The molecule has 0 aliphatic carbocycles. The second-order valence-corrected chi connectivity index (χ2v) is 9.04. The molecule has 0 spiro atoms. The molecule has 0 N–H and O–H groups in total. The predicted octanol–water partition coefficient (Wildman–Crippen LogP) is 2.88. The summed E-state index contributed by atoms with van der Waals surface area (Å²) in [5.41, 5.74) is 2.47. The average molecular weight is 525 g/mol. The highest BCUT2D eigenvalue weighted by molar-refractivity contribution is 7.80. The first-order valence-corrected chi connectivity index (χ1v) is 12.1. The molecule has 0 radical (unpaired) electrons. The number of para-hydroxylation sites is 2. The lowest BCUT2D eigenvalue weighted by Gasteiger charge is -2.36. The van der Waals surface area contributed by atoms with Gasteiger partial charge < -0.3 is 19.3 Å². The molecular weight excluding hydrogens is 499 g/mol. The number of hydrogen-bond donors (Lipinski definition) is 0. The van der Waals surface area contributed by atoms with Crippen molar-refractivity contribution in [2.24, 2.45) is 0 Å². The van der Waals surface area contributed by atoms with Crippen LogP contribution in [0.25, 0.3) is 11.0 Å². The fourth-order valence-electron chi connectivity index (χ4n) is 4.41. The molecule has 2 aromatic carbocycles. The Morgan fingerprint density at radius 2 is 1.89 bits per heavy atom. The Morgan fingerprint density at radius 3 is 2.59 bits per heavy atom. The van der Waals surface area contributed by atoms with Crippen LogP contribution < -0.4 is 9.80 Å². The van der Waals surface area contributed by atoms with Crippen LogP contribution in [0.15, 0.2) is 48.7 Å². The van der Waals surface area contributed by atoms with Gasteiger partial charge in [0.1, 0.15) is 11.5 Å². The molecule has 12 heteroatoms. The second-order valence-electron chi connectivity index (χ2n) is 8.69. The van der Waals surface area contributed by atoms with E-state index in [4.69, 9.17) is 21.7 Å². The van der Waals surface area contributed by atoms with Crippen molar-refractivity contribution < 1.29 is 23.5 Å². The molecule has 1 atom stereocenters. The van der Waals surface area contributed by atoms with E-state index in [1.807, 2.05) is 29.2 Å². The summed E-state index contributed by atoms with van der Waals surface area (Å²) in [6.45, 7) is 1.92. The minimum Gasteiger partial charge on any atom is -0.474 e. The number of carbonyl (C=O) groups is 2. The third-order valence-electron chi connectivity index (χ3n) is 6.51. The predicted molar refractivity (Wildman–Crippen MR) is 139 cm³/mol. The number of piperazine rings is 1. The first-order chi connectivity index (χ1) is 17.9. The Morgan fingerprint density at radius 1 is 1.16 bits per heavy atom. The number of thiocarbonyl (C=S) groups is 1. The summed E-state index contributed by atoms with van der Waals surface area (Å²) in [6.07, 6.45) is 0.261. The number of nitrogens with zero attached hydrogens (tertiary/aromatic N) is 6. The molecule has 2 aliphatic rings. The number of hydrogen-bond acceptors (Lipinski definition) is 8. The summed E-state index contributed by atoms with van der Waals surface area (Å²) in [5, 5.41) is 0.187. The van der Waals surface area contributed by atoms with Gasteiger partial charge in [0.25, 0.3) is 11.1 Å². The highest BCUT2D eigenvalue weighted by Crippen LogP contribution is 2.29. The summed E-state index contributed by atoms with van der Waals surface area (Å²) >= 11 is 5.09. The molecule has 3 aromatic rings. The van der Waals surface area contributed by atoms with Gasteiger partial charge in [-0.1, -0.05) is 12.1 Å². The maximum atomic E-state index is 15.2. The molecule has 1 aromatic heterocycles. The molecule has 37 heavy (non-hydrogen) atoms. The highest BCUT2D eigenvalue weighted by atomic mass is 32.1. The Kier molecular flexibility index (Phi) is 6.74. The number of amides is 2. The first kappa shape index (κ1) is 24.6. The van der Waals surface area contributed by atoms with Gasteiger partial charge in [0.05, 0.1) is 42.3 Å². The summed E-state index contributed by atoms with van der Waals surface area (Å²) in [6, 6.07) is 12.0. The number of cyclic esters (lactones) is 1. The number of rotatable bonds is 4. The number of halogens is 1. The average Bonchev–Trinajstić information content (AvgIpc) is 3.33. The Balaban J connectivity index is 1.23. The monoisotopic (exact) mass is 524 g/mol. The maximum Gasteiger partial charge on any atom is 0.416 e. The Hall–Kier alpha value is -4.06. The van der Waals surface area contributed by atoms with Gasteiger partial charge in [-0.2, -0.15) is 0 Å². The third kappa shape index (κ3) is 4.84. The molecule has 0 saturated carbocycles. The number of anilines is 2. The fourth-order valence-corrected chi connectivity index (χ4v) is 4.53. The van der Waals surface area contributed by atoms with E-state index >= 15 is 4.39 Å². The topological polar surface area (TPSA) is 91.3 Å². The van der Waals surface area contributed by atoms with Crippen molar-refractivity contribution in [3.63, 3.8) is 0 Å². The SMILES string of the molecule is COC(=S)N(C)C1CN(c2ccc(N3CCN(C(=O)c4cnc5ccccc5n4)CC3)c(F)c2)C(=O)O1. The van der Waals surface area contributed by atoms with Crippen molar-refractivity contribution in [1.29, 1.82) is 0 Å². The van der Waals surface area contributed by atoms with Gasteiger partial charge in [0.2, 0.25) is 0 Å². The zero-order valence-corrected chi connectivity index (χ0v) is 21.2. The van der Waals surface area contributed by atoms with Crippen LogP contribution in [0.2, 0.25) is 0 Å². The first-order valence-electron chi connectivity index (χ1n) is 11.7. The second kappa shape index (κ2) is 10.1. The molecule has 3 heterocycles. The van der Waals surface area contributed by atoms with Crippen LogP contribution >= 0.6 is 12.2 Å². The Labute approximate surface area is 218 Å². The van der Waals surface area contributed by atoms with E-state index in [1.54, 1.807) is 24.1 Å². The van der Waals surface area contributed by atoms with Crippen molar-refractivity contribution in [2.45, 2.75) is 6.23 Å². The van der Waals surface area contributed by atoms with Gasteiger partial charge in [-0.15, -0.1) is 0 Å². The fraction of sp³-hybridized carbons (Fsp3) is 0.320. The zero-order chi connectivity index (χ0) is 26.1. The number of aromatic nitrogens is 2. The van der Waals surface area contributed by atoms with E-state index in [0.29, 0.717) is 43.1 Å². The van der Waals surface area contributed by atoms with Gasteiger partial charge >= 0.3 is 6.09 Å². The molecule has 2 saturated heterocycles. The number of likely N-dealkylation sites (N-methyl/N-ethyl adjacent to an activating group) is 1. The van der Waals surface area contributed by atoms with Gasteiger partial charge in [0, 0.05) is 33.2 Å². The molecule has 10 nitrogen and oxygen atoms in total. The van der Waals surface area contributed by atoms with E-state index in [1.165, 1.54) is 29.2 Å². The van der Waals surface area contributed by atoms with Crippen LogP contribution in [-0.4, -0.2) is 90.1 Å². The molecule has 1 unspecified atom stereocenters. The van der Waals surface area contributed by atoms with Crippen molar-refractivity contribution >= 4 is 51.8 Å². The number of methoxy groups -OCH3 is 1. The van der Waals surface area contributed by atoms with E-state index in [2.05, 4.69) is 9.97 Å². The van der Waals surface area contributed by atoms with Crippen molar-refractivity contribution in [2.75, 3.05) is 56.7 Å². The molecule has 0 bridgehead atoms. The largest absolute Gasteiger partial charge is 0.474 e. The Bertz CT molecular complexity index is 1370. The summed E-state index contributed by atoms with van der Waals surface area (Å²) in [5.74, 6) is -0.663. The lowest BCUT2D eigenvalue weighted by atomic mass is 10.2. The lowest BCUT2D eigenvalue weighted by Crippen LogP contribution is -2.49. The van der Waals surface area contributed by atoms with E-state index < -0.39 is 18.1 Å². The van der Waals surface area contributed by atoms with Gasteiger partial charge in [-0.3, -0.25) is 19.6 Å². The van der Waals surface area contributed by atoms with Crippen molar-refractivity contribution in [1.82, 2.24) is 19.8 Å². The molecule has 5 rings (SSSR count). The molecule has 192 valence electrons. The van der Waals surface area contributed by atoms with Gasteiger partial charge in [0.15, 0.2) is 6.23 Å². The van der Waals surface area contributed by atoms with Crippen molar-refractivity contribution in [3.8, 4) is 0 Å². The smallest absolute Gasteiger partial charge is 0.416 e. The van der Waals surface area contributed by atoms with Crippen LogP contribution in [0.4, 0.5) is 20.6 Å². The lowest BCUT2D eigenvalue weighted by molar-refractivity contribution is 0.0677. The maximum absolute atomic E-state index is 15.2. The summed E-state index contributed by atoms with van der Waals surface area (Å²) in [7, 11) is 3.10. The quantitative estimate of drug-likeness (QED) is 0.478. The number of fused-ring (bicyclic) bond motifs is 1. The minimum absolute atomic E-state index is 0.177. The van der Waals surface area contributed by atoms with Crippen molar-refractivity contribution in [3.05, 3.63) is 60.2 Å². The zero-order valence-electron chi connectivity index (χ0n) is 20.3. The highest BCUT2D eigenvalue weighted by Gasteiger charge is 2.36. The molecular formula is C25H25FN6O4S. The number of benzene rings is 2. The standard InChI is InChI=1S/C25H25FN6O4S/c1-29(25(37)35-2)22-15-32(24(34)36-22)16-7-8-21(17(26)13-16)30-9-11-31(12-10-30)23(33)20-14-27-18-5-3-4-6-19(18)28-20/h3-8,13-14,22H,9-12,15H2,1-2H3. The van der Waals surface area contributed by atoms with Crippen LogP contribution in [0.3, 0.4) is 0 Å². The minimum atomic E-state index is -0.638. The summed E-state index contributed by atoms with van der Waals surface area (Å²) in [4.78, 5) is 40.6. The van der Waals surface area contributed by atoms with Crippen LogP contribution in [0.5, 0.6) is 0 Å².